The summed E-state index contributed by atoms with van der Waals surface area (Å²) >= 11 is 1.06. The Balaban J connectivity index is 2.16. The van der Waals surface area contributed by atoms with E-state index in [4.69, 9.17) is 14.6 Å². The van der Waals surface area contributed by atoms with Crippen LogP contribution in [0, 0.1) is 0 Å². The first kappa shape index (κ1) is 15.3. The number of hydrogen-bond acceptors (Lipinski definition) is 8. The molecule has 0 aliphatic rings. The first-order valence-electron chi connectivity index (χ1n) is 5.68. The lowest BCUT2D eigenvalue weighted by molar-refractivity contribution is 0.0905. The number of aliphatic hydroxyl groups is 2. The quantitative estimate of drug-likeness (QED) is 0.518. The number of rotatable bonds is 10. The summed E-state index contributed by atoms with van der Waals surface area (Å²) in [6, 6.07) is 0.0237. The third-order valence-electron chi connectivity index (χ3n) is 2.25. The van der Waals surface area contributed by atoms with Crippen molar-refractivity contribution < 1.29 is 19.7 Å². The molecule has 1 aromatic rings. The number of aliphatic hydroxyl groups excluding tert-OH is 2. The molecule has 1 aromatic heterocycles. The average molecular weight is 277 g/mol. The summed E-state index contributed by atoms with van der Waals surface area (Å²) in [7, 11) is 1.60. The van der Waals surface area contributed by atoms with Crippen LogP contribution in [0.1, 0.15) is 6.42 Å². The number of hydrogen-bond donors (Lipinski definition) is 3. The summed E-state index contributed by atoms with van der Waals surface area (Å²) in [5, 5.41) is 21.7. The van der Waals surface area contributed by atoms with Gasteiger partial charge in [-0.3, -0.25) is 0 Å². The Morgan fingerprint density at radius 3 is 2.94 bits per heavy atom. The molecule has 1 rings (SSSR count). The molecule has 0 spiro atoms. The summed E-state index contributed by atoms with van der Waals surface area (Å²) < 4.78 is 17.9. The van der Waals surface area contributed by atoms with Gasteiger partial charge >= 0.3 is 0 Å². The van der Waals surface area contributed by atoms with Crippen molar-refractivity contribution >= 4 is 11.7 Å². The number of aromatic nitrogens is 2. The standard InChI is InChI=1S/C10H19N3O4S/c1-16-6-8(2-3-14)11-4-9(15)7-17-10-5-12-18-13-10/h5,8-9,11,14-15H,2-4,6-7H2,1H3. The molecule has 2 atom stereocenters. The minimum Gasteiger partial charge on any atom is -0.473 e. The van der Waals surface area contributed by atoms with Crippen LogP contribution < -0.4 is 10.1 Å². The maximum absolute atomic E-state index is 9.70. The van der Waals surface area contributed by atoms with Crippen LogP contribution >= 0.6 is 11.7 Å². The summed E-state index contributed by atoms with van der Waals surface area (Å²) in [5.74, 6) is 0.419. The minimum atomic E-state index is -0.648. The van der Waals surface area contributed by atoms with Gasteiger partial charge in [0, 0.05) is 26.3 Å². The van der Waals surface area contributed by atoms with Gasteiger partial charge < -0.3 is 25.0 Å². The molecular formula is C10H19N3O4S. The average Bonchev–Trinajstić information content (AvgIpc) is 2.87. The van der Waals surface area contributed by atoms with Gasteiger partial charge in [0.15, 0.2) is 0 Å². The molecule has 0 bridgehead atoms. The minimum absolute atomic E-state index is 0.0237. The van der Waals surface area contributed by atoms with Gasteiger partial charge in [-0.1, -0.05) is 0 Å². The third kappa shape index (κ3) is 6.22. The second-order valence-corrected chi connectivity index (χ2v) is 4.34. The van der Waals surface area contributed by atoms with E-state index in [-0.39, 0.29) is 19.3 Å². The SMILES string of the molecule is COCC(CCO)NCC(O)COc1cnsn1. The maximum atomic E-state index is 9.70. The number of ether oxygens (including phenoxy) is 2. The van der Waals surface area contributed by atoms with Gasteiger partial charge in [0.1, 0.15) is 18.9 Å². The first-order valence-corrected chi connectivity index (χ1v) is 6.41. The normalized spacial score (nSPS) is 14.4. The fraction of sp³-hybridized carbons (Fsp3) is 0.800. The fourth-order valence-corrected chi connectivity index (χ4v) is 1.73. The Labute approximate surface area is 110 Å². The van der Waals surface area contributed by atoms with Crippen molar-refractivity contribution in [1.82, 2.24) is 14.1 Å². The van der Waals surface area contributed by atoms with Gasteiger partial charge in [0.2, 0.25) is 5.88 Å². The van der Waals surface area contributed by atoms with E-state index in [1.807, 2.05) is 0 Å². The largest absolute Gasteiger partial charge is 0.473 e. The van der Waals surface area contributed by atoms with Crippen LogP contribution in [0.5, 0.6) is 5.88 Å². The second-order valence-electron chi connectivity index (χ2n) is 3.78. The molecule has 7 nitrogen and oxygen atoms in total. The summed E-state index contributed by atoms with van der Waals surface area (Å²) in [6.07, 6.45) is 1.44. The van der Waals surface area contributed by atoms with E-state index < -0.39 is 6.10 Å². The topological polar surface area (TPSA) is 96.7 Å². The molecule has 2 unspecified atom stereocenters. The molecule has 0 aliphatic carbocycles. The molecule has 0 saturated heterocycles. The van der Waals surface area contributed by atoms with E-state index >= 15 is 0 Å². The Kier molecular flexibility index (Phi) is 7.78. The van der Waals surface area contributed by atoms with Gasteiger partial charge in [-0.2, -0.15) is 4.37 Å². The lowest BCUT2D eigenvalue weighted by Crippen LogP contribution is -2.40. The Morgan fingerprint density at radius 2 is 2.33 bits per heavy atom. The van der Waals surface area contributed by atoms with Crippen LogP contribution in [0.4, 0.5) is 0 Å². The van der Waals surface area contributed by atoms with Crippen molar-refractivity contribution in [2.24, 2.45) is 0 Å². The second kappa shape index (κ2) is 9.17. The van der Waals surface area contributed by atoms with Crippen molar-refractivity contribution in [3.63, 3.8) is 0 Å². The predicted octanol–water partition coefficient (Wildman–Crippen LogP) is -0.735. The van der Waals surface area contributed by atoms with Gasteiger partial charge in [-0.05, 0) is 6.42 Å². The summed E-state index contributed by atoms with van der Waals surface area (Å²) in [4.78, 5) is 0. The molecule has 8 heteroatoms. The van der Waals surface area contributed by atoms with E-state index in [1.54, 1.807) is 7.11 Å². The highest BCUT2D eigenvalue weighted by Crippen LogP contribution is 2.05. The summed E-state index contributed by atoms with van der Waals surface area (Å²) in [5.41, 5.74) is 0. The molecule has 3 N–H and O–H groups in total. The molecule has 0 saturated carbocycles. The van der Waals surface area contributed by atoms with Crippen LogP contribution in [0.3, 0.4) is 0 Å². The Hall–Kier alpha value is -0.800. The molecule has 104 valence electrons. The maximum Gasteiger partial charge on any atom is 0.245 e. The highest BCUT2D eigenvalue weighted by Gasteiger charge is 2.11. The van der Waals surface area contributed by atoms with Gasteiger partial charge in [-0.15, -0.1) is 4.37 Å². The van der Waals surface area contributed by atoms with Crippen molar-refractivity contribution in [1.29, 1.82) is 0 Å². The highest BCUT2D eigenvalue weighted by atomic mass is 32.1. The van der Waals surface area contributed by atoms with Crippen LogP contribution in [0.2, 0.25) is 0 Å². The van der Waals surface area contributed by atoms with Gasteiger partial charge in [-0.25, -0.2) is 0 Å². The Bertz CT molecular complexity index is 293. The lowest BCUT2D eigenvalue weighted by Gasteiger charge is -2.19. The van der Waals surface area contributed by atoms with Crippen LogP contribution in [0.15, 0.2) is 6.20 Å². The summed E-state index contributed by atoms with van der Waals surface area (Å²) in [6.45, 7) is 1.09. The zero-order valence-corrected chi connectivity index (χ0v) is 11.1. The number of nitrogens with zero attached hydrogens (tertiary/aromatic N) is 2. The van der Waals surface area contributed by atoms with E-state index in [2.05, 4.69) is 14.1 Å². The zero-order chi connectivity index (χ0) is 13.2. The number of methoxy groups -OCH3 is 1. The molecule has 0 aliphatic heterocycles. The monoisotopic (exact) mass is 277 g/mol. The Morgan fingerprint density at radius 1 is 1.50 bits per heavy atom. The van der Waals surface area contributed by atoms with Crippen molar-refractivity contribution in [2.75, 3.05) is 33.5 Å². The van der Waals surface area contributed by atoms with Gasteiger partial charge in [0.05, 0.1) is 18.3 Å². The molecule has 0 amide bonds. The first-order chi connectivity index (χ1) is 8.76. The number of nitrogens with one attached hydrogen (secondary N) is 1. The van der Waals surface area contributed by atoms with E-state index in [0.29, 0.717) is 25.5 Å². The molecular weight excluding hydrogens is 258 g/mol. The van der Waals surface area contributed by atoms with Crippen LogP contribution in [0.25, 0.3) is 0 Å². The van der Waals surface area contributed by atoms with E-state index in [1.165, 1.54) is 6.20 Å². The smallest absolute Gasteiger partial charge is 0.245 e. The van der Waals surface area contributed by atoms with E-state index in [0.717, 1.165) is 11.7 Å². The van der Waals surface area contributed by atoms with Gasteiger partial charge in [0.25, 0.3) is 0 Å². The van der Waals surface area contributed by atoms with Crippen molar-refractivity contribution in [2.45, 2.75) is 18.6 Å². The third-order valence-corrected chi connectivity index (χ3v) is 2.71. The predicted molar refractivity (Wildman–Crippen MR) is 66.8 cm³/mol. The molecule has 0 fully saturated rings. The van der Waals surface area contributed by atoms with E-state index in [9.17, 15) is 5.11 Å². The molecule has 1 heterocycles. The van der Waals surface area contributed by atoms with Crippen molar-refractivity contribution in [3.05, 3.63) is 6.20 Å². The van der Waals surface area contributed by atoms with Crippen LogP contribution in [-0.4, -0.2) is 64.6 Å². The van der Waals surface area contributed by atoms with Crippen molar-refractivity contribution in [3.8, 4) is 5.88 Å². The molecule has 0 radical (unpaired) electrons. The van der Waals surface area contributed by atoms with Crippen LogP contribution in [-0.2, 0) is 4.74 Å². The zero-order valence-electron chi connectivity index (χ0n) is 10.3. The lowest BCUT2D eigenvalue weighted by atomic mass is 10.2. The molecule has 0 aromatic carbocycles. The fourth-order valence-electron chi connectivity index (χ4n) is 1.36. The highest BCUT2D eigenvalue weighted by molar-refractivity contribution is 6.99. The molecule has 18 heavy (non-hydrogen) atoms.